The van der Waals surface area contributed by atoms with Crippen LogP contribution in [0.15, 0.2) is 61.1 Å². The Morgan fingerprint density at radius 2 is 1.49 bits per heavy atom. The molecule has 0 saturated heterocycles. The van der Waals surface area contributed by atoms with E-state index in [1.54, 1.807) is 24.3 Å². The molecule has 43 heavy (non-hydrogen) atoms. The molecule has 4 aromatic rings. The van der Waals surface area contributed by atoms with Crippen LogP contribution in [0.4, 0.5) is 57.1 Å². The lowest BCUT2D eigenvalue weighted by Crippen LogP contribution is -2.33. The van der Waals surface area contributed by atoms with E-state index in [4.69, 9.17) is 15.6 Å². The van der Waals surface area contributed by atoms with Crippen molar-refractivity contribution >= 4 is 40.2 Å². The van der Waals surface area contributed by atoms with Gasteiger partial charge in [-0.05, 0) is 43.7 Å². The molecule has 4 rings (SSSR count). The number of aliphatic carboxylic acids is 1. The highest BCUT2D eigenvalue weighted by Crippen LogP contribution is 2.44. The lowest BCUT2D eigenvalue weighted by molar-refractivity contribution is -0.289. The summed E-state index contributed by atoms with van der Waals surface area (Å²) in [4.78, 5) is 29.6. The molecule has 0 aliphatic carbocycles. The van der Waals surface area contributed by atoms with Gasteiger partial charge in [0.1, 0.15) is 17.8 Å². The molecule has 2 aromatic carbocycles. The van der Waals surface area contributed by atoms with Crippen LogP contribution in [0, 0.1) is 0 Å². The lowest BCUT2D eigenvalue weighted by Gasteiger charge is -2.20. The molecule has 5 N–H and O–H groups in total. The first-order valence-electron chi connectivity index (χ1n) is 12.0. The molecule has 9 nitrogen and oxygen atoms in total. The number of carbonyl (C=O) groups excluding carboxylic acids is 1. The number of hydrogen-bond donors (Lipinski definition) is 4. The first-order chi connectivity index (χ1) is 19.8. The zero-order chi connectivity index (χ0) is 32.3. The zero-order valence-corrected chi connectivity index (χ0v) is 22.1. The third-order valence-corrected chi connectivity index (χ3v) is 5.73. The second-order valence-corrected chi connectivity index (χ2v) is 9.11. The van der Waals surface area contributed by atoms with Crippen molar-refractivity contribution < 1.29 is 49.8 Å². The summed E-state index contributed by atoms with van der Waals surface area (Å²) in [6, 6.07) is 9.44. The third-order valence-electron chi connectivity index (χ3n) is 5.73. The van der Waals surface area contributed by atoms with Gasteiger partial charge in [-0.25, -0.2) is 19.6 Å². The van der Waals surface area contributed by atoms with Crippen LogP contribution in [0.5, 0.6) is 0 Å². The van der Waals surface area contributed by atoms with Gasteiger partial charge in [0, 0.05) is 34.7 Å². The number of hydrogen-bond acceptors (Lipinski definition) is 5. The normalized spacial score (nSPS) is 12.1. The molecule has 230 valence electrons. The Hall–Kier alpha value is -4.96. The number of fused-ring (bicyclic) bond motifs is 1. The number of benzene rings is 2. The van der Waals surface area contributed by atoms with E-state index in [1.165, 1.54) is 12.4 Å². The highest BCUT2D eigenvalue weighted by molar-refractivity contribution is 6.02. The van der Waals surface area contributed by atoms with E-state index in [1.807, 2.05) is 24.6 Å². The highest BCUT2D eigenvalue weighted by Gasteiger charge is 2.58. The quantitative estimate of drug-likeness (QED) is 0.175. The maximum atomic E-state index is 13.6. The van der Waals surface area contributed by atoms with Crippen LogP contribution < -0.4 is 16.4 Å². The second kappa shape index (κ2) is 12.1. The number of halogens is 8. The van der Waals surface area contributed by atoms with E-state index in [-0.39, 0.29) is 11.7 Å². The van der Waals surface area contributed by atoms with E-state index < -0.39 is 35.8 Å². The van der Waals surface area contributed by atoms with Gasteiger partial charge in [0.05, 0.1) is 5.39 Å². The summed E-state index contributed by atoms with van der Waals surface area (Å²) in [6.45, 7) is 4.01. The standard InChI is InChI=1S/C24H21F5N6O.C2HF3O2/c1-13(2)35-11-18(19-20(30)31-12-32-21(19)35)14-6-8-16(9-7-14)33-22(36)34-17-5-3-4-15(10-17)23(25,26)24(27,28)29;3-2(4,5)1(6)7/h3-13H,1-2H3,(H2,30,31,32)(H2,33,34,36);(H,6,7). The van der Waals surface area contributed by atoms with Gasteiger partial charge >= 0.3 is 30.3 Å². The number of aromatic nitrogens is 3. The van der Waals surface area contributed by atoms with Crippen molar-refractivity contribution in [3.8, 4) is 11.1 Å². The van der Waals surface area contributed by atoms with Gasteiger partial charge in [0.2, 0.25) is 0 Å². The molecule has 2 heterocycles. The summed E-state index contributed by atoms with van der Waals surface area (Å²) in [6.07, 6.45) is -7.53. The number of rotatable bonds is 5. The number of nitrogens with zero attached hydrogens (tertiary/aromatic N) is 3. The van der Waals surface area contributed by atoms with Gasteiger partial charge in [-0.1, -0.05) is 24.3 Å². The van der Waals surface area contributed by atoms with Crippen LogP contribution in [-0.2, 0) is 10.7 Å². The molecule has 0 unspecified atom stereocenters. The zero-order valence-electron chi connectivity index (χ0n) is 22.1. The molecule has 0 atom stereocenters. The summed E-state index contributed by atoms with van der Waals surface area (Å²) in [7, 11) is 0. The summed E-state index contributed by atoms with van der Waals surface area (Å²) in [5.41, 5.74) is 7.24. The predicted octanol–water partition coefficient (Wildman–Crippen LogP) is 7.19. The van der Waals surface area contributed by atoms with Gasteiger partial charge < -0.3 is 26.0 Å². The molecular weight excluding hydrogens is 596 g/mol. The molecule has 17 heteroatoms. The Kier molecular flexibility index (Phi) is 9.17. The predicted molar refractivity (Wildman–Crippen MR) is 140 cm³/mol. The number of carboxylic acids is 1. The van der Waals surface area contributed by atoms with Crippen LogP contribution in [0.25, 0.3) is 22.2 Å². The number of amides is 2. The van der Waals surface area contributed by atoms with Crippen molar-refractivity contribution in [3.05, 3.63) is 66.6 Å². The number of nitrogens with two attached hydrogens (primary N) is 1. The highest BCUT2D eigenvalue weighted by atomic mass is 19.4. The third kappa shape index (κ3) is 7.47. The number of urea groups is 1. The van der Waals surface area contributed by atoms with Crippen molar-refractivity contribution in [1.29, 1.82) is 0 Å². The lowest BCUT2D eigenvalue weighted by atomic mass is 10.1. The molecule has 0 fully saturated rings. The van der Waals surface area contributed by atoms with Gasteiger partial charge in [0.25, 0.3) is 0 Å². The monoisotopic (exact) mass is 618 g/mol. The van der Waals surface area contributed by atoms with Gasteiger partial charge in [0.15, 0.2) is 0 Å². The van der Waals surface area contributed by atoms with Crippen molar-refractivity contribution in [1.82, 2.24) is 14.5 Å². The SMILES string of the molecule is CC(C)n1cc(-c2ccc(NC(=O)Nc3cccc(C(F)(F)C(F)(F)F)c3)cc2)c2c(N)ncnc21.O=C(O)C(F)(F)F. The minimum atomic E-state index is -5.76. The maximum absolute atomic E-state index is 13.6. The average molecular weight is 618 g/mol. The molecule has 0 aliphatic rings. The van der Waals surface area contributed by atoms with Crippen LogP contribution >= 0.6 is 0 Å². The summed E-state index contributed by atoms with van der Waals surface area (Å²) >= 11 is 0. The van der Waals surface area contributed by atoms with Crippen LogP contribution in [0.2, 0.25) is 0 Å². The largest absolute Gasteiger partial charge is 0.490 e. The van der Waals surface area contributed by atoms with E-state index in [0.29, 0.717) is 34.7 Å². The van der Waals surface area contributed by atoms with Gasteiger partial charge in [-0.3, -0.25) is 0 Å². The first-order valence-corrected chi connectivity index (χ1v) is 12.0. The van der Waals surface area contributed by atoms with Crippen molar-refractivity contribution in [2.45, 2.75) is 38.2 Å². The molecular formula is C26H22F8N6O3. The van der Waals surface area contributed by atoms with E-state index in [0.717, 1.165) is 17.2 Å². The molecule has 0 radical (unpaired) electrons. The molecule has 2 aromatic heterocycles. The number of carboxylic acid groups (broad SMARTS) is 1. The topological polar surface area (TPSA) is 135 Å². The average Bonchev–Trinajstić information content (AvgIpc) is 3.30. The van der Waals surface area contributed by atoms with E-state index in [9.17, 15) is 39.9 Å². The summed E-state index contributed by atoms with van der Waals surface area (Å²) in [5.74, 6) is -7.48. The van der Waals surface area contributed by atoms with Crippen molar-refractivity contribution in [3.63, 3.8) is 0 Å². The fourth-order valence-corrected chi connectivity index (χ4v) is 3.70. The van der Waals surface area contributed by atoms with Crippen LogP contribution in [0.1, 0.15) is 25.5 Å². The Balaban J connectivity index is 0.000000646. The molecule has 0 spiro atoms. The fourth-order valence-electron chi connectivity index (χ4n) is 3.70. The Labute approximate surface area is 237 Å². The molecule has 2 amide bonds. The second-order valence-electron chi connectivity index (χ2n) is 9.11. The van der Waals surface area contributed by atoms with Gasteiger partial charge in [-0.15, -0.1) is 0 Å². The van der Waals surface area contributed by atoms with Crippen LogP contribution in [0.3, 0.4) is 0 Å². The summed E-state index contributed by atoms with van der Waals surface area (Å²) < 4.78 is 98.8. The molecule has 0 saturated carbocycles. The van der Waals surface area contributed by atoms with Crippen LogP contribution in [-0.4, -0.2) is 44.0 Å². The Bertz CT molecular complexity index is 1620. The molecule has 0 aliphatic heterocycles. The van der Waals surface area contributed by atoms with Crippen molar-refractivity contribution in [2.24, 2.45) is 0 Å². The number of alkyl halides is 8. The van der Waals surface area contributed by atoms with E-state index in [2.05, 4.69) is 20.6 Å². The Morgan fingerprint density at radius 3 is 2.02 bits per heavy atom. The van der Waals surface area contributed by atoms with Crippen molar-refractivity contribution in [2.75, 3.05) is 16.4 Å². The summed E-state index contributed by atoms with van der Waals surface area (Å²) in [5, 5.41) is 12.6. The number of carbonyl (C=O) groups is 2. The number of nitrogens with one attached hydrogen (secondary N) is 2. The number of anilines is 3. The van der Waals surface area contributed by atoms with E-state index >= 15 is 0 Å². The van der Waals surface area contributed by atoms with Gasteiger partial charge in [-0.2, -0.15) is 35.1 Å². The number of nitrogen functional groups attached to an aromatic ring is 1. The maximum Gasteiger partial charge on any atom is 0.490 e. The first kappa shape index (κ1) is 32.6. The smallest absolute Gasteiger partial charge is 0.475 e. The Morgan fingerprint density at radius 1 is 0.907 bits per heavy atom. The molecule has 0 bridgehead atoms. The fraction of sp³-hybridized carbons (Fsp3) is 0.231. The minimum absolute atomic E-state index is 0.120. The minimum Gasteiger partial charge on any atom is -0.475 e.